The summed E-state index contributed by atoms with van der Waals surface area (Å²) < 4.78 is 5.67. The molecular formula is C21H23ClN2O2S. The molecule has 2 N–H and O–H groups in total. The van der Waals surface area contributed by atoms with Crippen molar-refractivity contribution in [2.45, 2.75) is 20.3 Å². The van der Waals surface area contributed by atoms with Gasteiger partial charge in [-0.1, -0.05) is 43.6 Å². The van der Waals surface area contributed by atoms with Crippen molar-refractivity contribution in [1.82, 2.24) is 5.32 Å². The molecule has 1 amide bonds. The van der Waals surface area contributed by atoms with Gasteiger partial charge in [-0.05, 0) is 66.5 Å². The summed E-state index contributed by atoms with van der Waals surface area (Å²) in [5, 5.41) is 6.37. The van der Waals surface area contributed by atoms with E-state index in [9.17, 15) is 4.79 Å². The Morgan fingerprint density at radius 3 is 2.56 bits per heavy atom. The van der Waals surface area contributed by atoms with Crippen molar-refractivity contribution in [2.24, 2.45) is 5.92 Å². The first-order valence-corrected chi connectivity index (χ1v) is 9.50. The number of anilines is 1. The minimum atomic E-state index is -0.332. The smallest absolute Gasteiger partial charge is 0.250 e. The molecule has 0 bridgehead atoms. The van der Waals surface area contributed by atoms with E-state index >= 15 is 0 Å². The Morgan fingerprint density at radius 2 is 1.89 bits per heavy atom. The fraction of sp³-hybridized carbons (Fsp3) is 0.238. The molecule has 0 aliphatic carbocycles. The van der Waals surface area contributed by atoms with Gasteiger partial charge in [0.25, 0.3) is 0 Å². The van der Waals surface area contributed by atoms with Gasteiger partial charge in [0, 0.05) is 16.8 Å². The zero-order valence-electron chi connectivity index (χ0n) is 15.4. The fourth-order valence-corrected chi connectivity index (χ4v) is 2.56. The van der Waals surface area contributed by atoms with Crippen molar-refractivity contribution in [1.29, 1.82) is 0 Å². The number of carbonyl (C=O) groups excluding carboxylic acids is 1. The fourth-order valence-electron chi connectivity index (χ4n) is 2.14. The van der Waals surface area contributed by atoms with Crippen molar-refractivity contribution in [3.8, 4) is 5.75 Å². The summed E-state index contributed by atoms with van der Waals surface area (Å²) in [6, 6.07) is 14.7. The molecule has 6 heteroatoms. The lowest BCUT2D eigenvalue weighted by Crippen LogP contribution is -2.32. The van der Waals surface area contributed by atoms with Crippen LogP contribution in [0.5, 0.6) is 5.75 Å². The number of rotatable bonds is 7. The first-order valence-electron chi connectivity index (χ1n) is 8.71. The lowest BCUT2D eigenvalue weighted by molar-refractivity contribution is -0.115. The topological polar surface area (TPSA) is 50.4 Å². The number of benzene rings is 2. The minimum Gasteiger partial charge on any atom is -0.494 e. The Balaban J connectivity index is 1.81. The molecule has 0 spiro atoms. The second-order valence-electron chi connectivity index (χ2n) is 6.35. The lowest BCUT2D eigenvalue weighted by Gasteiger charge is -2.10. The van der Waals surface area contributed by atoms with Gasteiger partial charge in [0.05, 0.1) is 6.61 Å². The first-order chi connectivity index (χ1) is 12.9. The van der Waals surface area contributed by atoms with Crippen molar-refractivity contribution in [3.63, 3.8) is 0 Å². The van der Waals surface area contributed by atoms with E-state index in [1.54, 1.807) is 12.1 Å². The average molecular weight is 403 g/mol. The third kappa shape index (κ3) is 7.81. The molecule has 0 aliphatic rings. The van der Waals surface area contributed by atoms with Gasteiger partial charge in [0.2, 0.25) is 5.91 Å². The van der Waals surface area contributed by atoms with E-state index in [1.807, 2.05) is 42.5 Å². The highest BCUT2D eigenvalue weighted by Crippen LogP contribution is 2.17. The Bertz CT molecular complexity index is 804. The molecule has 0 unspecified atom stereocenters. The second-order valence-corrected chi connectivity index (χ2v) is 7.17. The number of halogens is 1. The van der Waals surface area contributed by atoms with E-state index in [2.05, 4.69) is 24.5 Å². The average Bonchev–Trinajstić information content (AvgIpc) is 2.62. The number of amides is 1. The van der Waals surface area contributed by atoms with E-state index in [1.165, 1.54) is 6.08 Å². The Kier molecular flexibility index (Phi) is 8.30. The summed E-state index contributed by atoms with van der Waals surface area (Å²) in [7, 11) is 0. The van der Waals surface area contributed by atoms with Crippen LogP contribution in [0, 0.1) is 5.92 Å². The Morgan fingerprint density at radius 1 is 1.19 bits per heavy atom. The van der Waals surface area contributed by atoms with Crippen LogP contribution in [0.25, 0.3) is 6.08 Å². The van der Waals surface area contributed by atoms with Crippen LogP contribution in [0.4, 0.5) is 5.69 Å². The van der Waals surface area contributed by atoms with Crippen LogP contribution in [0.1, 0.15) is 25.8 Å². The van der Waals surface area contributed by atoms with Gasteiger partial charge in [-0.25, -0.2) is 0 Å². The highest BCUT2D eigenvalue weighted by molar-refractivity contribution is 7.80. The van der Waals surface area contributed by atoms with E-state index in [4.69, 9.17) is 28.6 Å². The molecule has 142 valence electrons. The van der Waals surface area contributed by atoms with Crippen LogP contribution in [0.3, 0.4) is 0 Å². The number of thiocarbonyl (C=S) groups is 1. The van der Waals surface area contributed by atoms with E-state index < -0.39 is 0 Å². The molecule has 0 saturated carbocycles. The second kappa shape index (κ2) is 10.7. The summed E-state index contributed by atoms with van der Waals surface area (Å²) in [5.41, 5.74) is 1.54. The van der Waals surface area contributed by atoms with Crippen LogP contribution < -0.4 is 15.4 Å². The predicted octanol–water partition coefficient (Wildman–Crippen LogP) is 5.29. The highest BCUT2D eigenvalue weighted by Gasteiger charge is 2.03. The maximum Gasteiger partial charge on any atom is 0.250 e. The number of ether oxygens (including phenoxy) is 1. The quantitative estimate of drug-likeness (QED) is 0.488. The van der Waals surface area contributed by atoms with Crippen LogP contribution >= 0.6 is 23.8 Å². The standard InChI is InChI=1S/C21H23ClN2O2S/c1-15(2)13-14-26-18-10-8-17(9-11-18)23-21(27)24-20(25)12-7-16-5-3-4-6-19(16)22/h3-12,15H,13-14H2,1-2H3,(H2,23,24,25,27)/b12-7+. The van der Waals surface area contributed by atoms with Crippen molar-refractivity contribution >= 4 is 46.6 Å². The predicted molar refractivity (Wildman–Crippen MR) is 116 cm³/mol. The molecule has 0 aromatic heterocycles. The molecule has 0 fully saturated rings. The minimum absolute atomic E-state index is 0.220. The monoisotopic (exact) mass is 402 g/mol. The number of hydrogen-bond donors (Lipinski definition) is 2. The summed E-state index contributed by atoms with van der Waals surface area (Å²) in [5.74, 6) is 1.08. The normalized spacial score (nSPS) is 10.8. The van der Waals surface area contributed by atoms with E-state index in [0.717, 1.165) is 23.4 Å². The SMILES string of the molecule is CC(C)CCOc1ccc(NC(=S)NC(=O)/C=C/c2ccccc2Cl)cc1. The van der Waals surface area contributed by atoms with Crippen molar-refractivity contribution in [2.75, 3.05) is 11.9 Å². The molecule has 0 atom stereocenters. The van der Waals surface area contributed by atoms with Crippen LogP contribution in [0.2, 0.25) is 5.02 Å². The van der Waals surface area contributed by atoms with Gasteiger partial charge in [0.15, 0.2) is 5.11 Å². The van der Waals surface area contributed by atoms with Crippen LogP contribution in [-0.4, -0.2) is 17.6 Å². The summed E-state index contributed by atoms with van der Waals surface area (Å²) >= 11 is 11.2. The molecule has 0 radical (unpaired) electrons. The first kappa shape index (κ1) is 20.9. The molecule has 27 heavy (non-hydrogen) atoms. The molecule has 2 aromatic carbocycles. The molecular weight excluding hydrogens is 380 g/mol. The maximum absolute atomic E-state index is 12.0. The van der Waals surface area contributed by atoms with Gasteiger partial charge < -0.3 is 10.1 Å². The molecule has 0 heterocycles. The highest BCUT2D eigenvalue weighted by atomic mass is 35.5. The number of nitrogens with one attached hydrogen (secondary N) is 2. The zero-order valence-corrected chi connectivity index (χ0v) is 16.9. The number of hydrogen-bond acceptors (Lipinski definition) is 3. The Labute approximate surface area is 170 Å². The van der Waals surface area contributed by atoms with Gasteiger partial charge in [0.1, 0.15) is 5.75 Å². The largest absolute Gasteiger partial charge is 0.494 e. The van der Waals surface area contributed by atoms with Crippen molar-refractivity contribution in [3.05, 3.63) is 65.2 Å². The zero-order chi connectivity index (χ0) is 19.6. The Hall–Kier alpha value is -2.37. The van der Waals surface area contributed by atoms with Gasteiger partial charge in [-0.3, -0.25) is 10.1 Å². The summed E-state index contributed by atoms with van der Waals surface area (Å²) in [6.45, 7) is 5.02. The molecule has 2 aromatic rings. The van der Waals surface area contributed by atoms with Crippen LogP contribution in [0.15, 0.2) is 54.6 Å². The maximum atomic E-state index is 12.0. The van der Waals surface area contributed by atoms with E-state index in [0.29, 0.717) is 17.5 Å². The van der Waals surface area contributed by atoms with Gasteiger partial charge in [-0.15, -0.1) is 0 Å². The van der Waals surface area contributed by atoms with Gasteiger partial charge >= 0.3 is 0 Å². The van der Waals surface area contributed by atoms with Gasteiger partial charge in [-0.2, -0.15) is 0 Å². The third-order valence-corrected chi connectivity index (χ3v) is 4.18. The molecule has 2 rings (SSSR count). The molecule has 0 aliphatic heterocycles. The summed E-state index contributed by atoms with van der Waals surface area (Å²) in [6.07, 6.45) is 4.04. The summed E-state index contributed by atoms with van der Waals surface area (Å²) in [4.78, 5) is 12.0. The number of carbonyl (C=O) groups is 1. The van der Waals surface area contributed by atoms with Crippen molar-refractivity contribution < 1.29 is 9.53 Å². The molecule has 0 saturated heterocycles. The van der Waals surface area contributed by atoms with Crippen LogP contribution in [-0.2, 0) is 4.79 Å². The molecule has 4 nitrogen and oxygen atoms in total. The third-order valence-electron chi connectivity index (χ3n) is 3.63. The lowest BCUT2D eigenvalue weighted by atomic mass is 10.1. The van der Waals surface area contributed by atoms with E-state index in [-0.39, 0.29) is 11.0 Å².